The summed E-state index contributed by atoms with van der Waals surface area (Å²) in [7, 11) is 3.22. The molecule has 0 fully saturated rings. The molecule has 2 aromatic carbocycles. The molecule has 0 aliphatic rings. The van der Waals surface area contributed by atoms with Crippen molar-refractivity contribution in [3.8, 4) is 11.5 Å². The van der Waals surface area contributed by atoms with Crippen molar-refractivity contribution in [2.75, 3.05) is 20.8 Å². The van der Waals surface area contributed by atoms with Crippen LogP contribution in [0.25, 0.3) is 6.08 Å². The highest BCUT2D eigenvalue weighted by Crippen LogP contribution is 2.27. The van der Waals surface area contributed by atoms with E-state index in [1.165, 1.54) is 6.08 Å². The Morgan fingerprint density at radius 1 is 1.11 bits per heavy atom. The third-order valence-electron chi connectivity index (χ3n) is 4.29. The minimum Gasteiger partial charge on any atom is -0.497 e. The molecule has 1 unspecified atom stereocenters. The predicted molar refractivity (Wildman–Crippen MR) is 111 cm³/mol. The third kappa shape index (κ3) is 6.28. The fraction of sp³-hybridized carbons (Fsp3) is 0.261. The normalized spacial score (nSPS) is 12.6. The number of hydrogen-bond donors (Lipinski definition) is 2. The highest BCUT2D eigenvalue weighted by atomic mass is 16.5. The van der Waals surface area contributed by atoms with Crippen molar-refractivity contribution >= 4 is 12.0 Å². The van der Waals surface area contributed by atoms with E-state index in [0.717, 1.165) is 28.9 Å². The fourth-order valence-electron chi connectivity index (χ4n) is 2.64. The summed E-state index contributed by atoms with van der Waals surface area (Å²) in [5.41, 5.74) is 2.65. The van der Waals surface area contributed by atoms with Crippen molar-refractivity contribution in [2.24, 2.45) is 0 Å². The monoisotopic (exact) mass is 381 g/mol. The van der Waals surface area contributed by atoms with E-state index in [1.807, 2.05) is 61.5 Å². The zero-order valence-corrected chi connectivity index (χ0v) is 16.5. The molecule has 5 heteroatoms. The number of aliphatic hydroxyl groups is 1. The molecule has 2 aromatic rings. The number of hydrogen-bond acceptors (Lipinski definition) is 4. The highest BCUT2D eigenvalue weighted by molar-refractivity contribution is 5.88. The molecule has 0 aliphatic carbocycles. The molecule has 0 saturated heterocycles. The third-order valence-corrected chi connectivity index (χ3v) is 4.29. The quantitative estimate of drug-likeness (QED) is 0.511. The van der Waals surface area contributed by atoms with E-state index >= 15 is 0 Å². The van der Waals surface area contributed by atoms with Gasteiger partial charge in [-0.2, -0.15) is 0 Å². The molecule has 28 heavy (non-hydrogen) atoms. The number of aliphatic hydroxyl groups excluding tert-OH is 1. The first kappa shape index (κ1) is 21.3. The second-order valence-corrected chi connectivity index (χ2v) is 6.19. The van der Waals surface area contributed by atoms with Gasteiger partial charge in [-0.15, -0.1) is 0 Å². The van der Waals surface area contributed by atoms with Crippen molar-refractivity contribution < 1.29 is 19.4 Å². The molecule has 0 heterocycles. The number of ether oxygens (including phenoxy) is 2. The predicted octanol–water partition coefficient (Wildman–Crippen LogP) is 3.90. The number of rotatable bonds is 9. The molecule has 148 valence electrons. The maximum absolute atomic E-state index is 12.1. The van der Waals surface area contributed by atoms with E-state index in [-0.39, 0.29) is 12.5 Å². The van der Waals surface area contributed by atoms with Crippen LogP contribution in [-0.4, -0.2) is 31.8 Å². The van der Waals surface area contributed by atoms with Crippen molar-refractivity contribution in [3.05, 3.63) is 77.4 Å². The van der Waals surface area contributed by atoms with Crippen molar-refractivity contribution in [2.45, 2.75) is 19.4 Å². The molecule has 2 N–H and O–H groups in total. The molecule has 1 amide bonds. The average molecular weight is 381 g/mol. The molecule has 0 bridgehead atoms. The van der Waals surface area contributed by atoms with E-state index in [4.69, 9.17) is 9.47 Å². The van der Waals surface area contributed by atoms with Crippen LogP contribution in [0.3, 0.4) is 0 Å². The van der Waals surface area contributed by atoms with E-state index in [0.29, 0.717) is 5.75 Å². The molecule has 0 aliphatic heterocycles. The Bertz CT molecular complexity index is 828. The smallest absolute Gasteiger partial charge is 0.244 e. The number of methoxy groups -OCH3 is 2. The van der Waals surface area contributed by atoms with Crippen LogP contribution < -0.4 is 14.8 Å². The summed E-state index contributed by atoms with van der Waals surface area (Å²) in [6.45, 7) is 2.17. The maximum atomic E-state index is 12.1. The van der Waals surface area contributed by atoms with Crippen LogP contribution in [0.4, 0.5) is 0 Å². The Hall–Kier alpha value is -3.05. The van der Waals surface area contributed by atoms with Gasteiger partial charge in [0.2, 0.25) is 5.91 Å². The minimum atomic E-state index is -0.733. The van der Waals surface area contributed by atoms with Gasteiger partial charge in [-0.25, -0.2) is 0 Å². The summed E-state index contributed by atoms with van der Waals surface area (Å²) < 4.78 is 10.6. The maximum Gasteiger partial charge on any atom is 0.244 e. The van der Waals surface area contributed by atoms with Crippen LogP contribution in [0.1, 0.15) is 30.6 Å². The molecule has 2 rings (SSSR count). The number of benzene rings is 2. The van der Waals surface area contributed by atoms with Gasteiger partial charge in [0, 0.05) is 24.3 Å². The van der Waals surface area contributed by atoms with Gasteiger partial charge in [-0.1, -0.05) is 43.3 Å². The zero-order valence-electron chi connectivity index (χ0n) is 16.5. The van der Waals surface area contributed by atoms with Gasteiger partial charge in [-0.05, 0) is 35.8 Å². The van der Waals surface area contributed by atoms with Crippen LogP contribution in [0.2, 0.25) is 0 Å². The summed E-state index contributed by atoms with van der Waals surface area (Å²) in [6, 6.07) is 14.8. The van der Waals surface area contributed by atoms with Crippen molar-refractivity contribution in [1.29, 1.82) is 0 Å². The molecule has 0 spiro atoms. The van der Waals surface area contributed by atoms with E-state index < -0.39 is 6.10 Å². The second kappa shape index (κ2) is 10.9. The lowest BCUT2D eigenvalue weighted by atomic mass is 10.1. The number of amides is 1. The summed E-state index contributed by atoms with van der Waals surface area (Å²) in [4.78, 5) is 12.1. The van der Waals surface area contributed by atoms with Gasteiger partial charge in [0.05, 0.1) is 20.3 Å². The average Bonchev–Trinajstić information content (AvgIpc) is 2.75. The van der Waals surface area contributed by atoms with Gasteiger partial charge in [0.1, 0.15) is 11.5 Å². The van der Waals surface area contributed by atoms with Gasteiger partial charge >= 0.3 is 0 Å². The Balaban J connectivity index is 2.00. The lowest BCUT2D eigenvalue weighted by molar-refractivity contribution is -0.116. The number of carbonyl (C=O) groups excluding carboxylic acids is 1. The summed E-state index contributed by atoms with van der Waals surface area (Å²) in [5.74, 6) is 1.17. The molecule has 1 atom stereocenters. The molecule has 5 nitrogen and oxygen atoms in total. The Kier molecular flexibility index (Phi) is 8.31. The Labute approximate surface area is 166 Å². The van der Waals surface area contributed by atoms with Crippen LogP contribution in [0, 0.1) is 0 Å². The van der Waals surface area contributed by atoms with E-state index in [9.17, 15) is 9.90 Å². The van der Waals surface area contributed by atoms with Crippen LogP contribution in [0.15, 0.2) is 66.3 Å². The first-order chi connectivity index (χ1) is 13.6. The van der Waals surface area contributed by atoms with Crippen LogP contribution >= 0.6 is 0 Å². The van der Waals surface area contributed by atoms with Crippen LogP contribution in [0.5, 0.6) is 11.5 Å². The molecular formula is C23H27NO4. The first-order valence-electron chi connectivity index (χ1n) is 9.18. The second-order valence-electron chi connectivity index (χ2n) is 6.19. The van der Waals surface area contributed by atoms with E-state index in [2.05, 4.69) is 5.32 Å². The van der Waals surface area contributed by atoms with Crippen molar-refractivity contribution in [3.63, 3.8) is 0 Å². The molecular weight excluding hydrogens is 354 g/mol. The summed E-state index contributed by atoms with van der Waals surface area (Å²) >= 11 is 0. The Morgan fingerprint density at radius 3 is 2.50 bits per heavy atom. The van der Waals surface area contributed by atoms with Crippen LogP contribution in [-0.2, 0) is 4.79 Å². The van der Waals surface area contributed by atoms with Gasteiger partial charge < -0.3 is 19.9 Å². The SMILES string of the molecule is CCC(/C=C/C(=O)NCC(O)c1ccccc1)=C\c1ccc(OC)cc1OC. The number of nitrogens with one attached hydrogen (secondary N) is 1. The summed E-state index contributed by atoms with van der Waals surface area (Å²) in [6.07, 6.45) is 5.24. The Morgan fingerprint density at radius 2 is 1.86 bits per heavy atom. The lowest BCUT2D eigenvalue weighted by Gasteiger charge is -2.11. The van der Waals surface area contributed by atoms with E-state index in [1.54, 1.807) is 20.3 Å². The summed E-state index contributed by atoms with van der Waals surface area (Å²) in [5, 5.41) is 12.8. The van der Waals surface area contributed by atoms with Gasteiger partial charge in [-0.3, -0.25) is 4.79 Å². The molecule has 0 aromatic heterocycles. The number of allylic oxidation sites excluding steroid dienone is 2. The standard InChI is InChI=1S/C23H27NO4/c1-4-17(14-19-11-12-20(27-2)15-22(19)28-3)10-13-23(26)24-16-21(25)18-8-6-5-7-9-18/h5-15,21,25H,4,16H2,1-3H3,(H,24,26)/b13-10+,17-14+. The lowest BCUT2D eigenvalue weighted by Crippen LogP contribution is -2.26. The highest BCUT2D eigenvalue weighted by Gasteiger charge is 2.08. The van der Waals surface area contributed by atoms with Gasteiger partial charge in [0.25, 0.3) is 0 Å². The topological polar surface area (TPSA) is 67.8 Å². The minimum absolute atomic E-state index is 0.157. The van der Waals surface area contributed by atoms with Crippen molar-refractivity contribution in [1.82, 2.24) is 5.32 Å². The first-order valence-corrected chi connectivity index (χ1v) is 9.18. The fourth-order valence-corrected chi connectivity index (χ4v) is 2.64. The molecule has 0 radical (unpaired) electrons. The largest absolute Gasteiger partial charge is 0.497 e. The van der Waals surface area contributed by atoms with Gasteiger partial charge in [0.15, 0.2) is 0 Å². The number of carbonyl (C=O) groups is 1. The zero-order chi connectivity index (χ0) is 20.4. The molecule has 0 saturated carbocycles.